The van der Waals surface area contributed by atoms with Gasteiger partial charge in [-0.3, -0.25) is 4.79 Å². The van der Waals surface area contributed by atoms with Crippen LogP contribution in [0.2, 0.25) is 5.22 Å². The molecule has 1 atom stereocenters. The average Bonchev–Trinajstić information content (AvgIpc) is 2.63. The Hall–Kier alpha value is -0.960. The van der Waals surface area contributed by atoms with Crippen LogP contribution in [0.3, 0.4) is 0 Å². The van der Waals surface area contributed by atoms with E-state index in [9.17, 15) is 4.79 Å². The van der Waals surface area contributed by atoms with Crippen molar-refractivity contribution in [1.29, 1.82) is 0 Å². The molecule has 1 unspecified atom stereocenters. The maximum atomic E-state index is 11.8. The highest BCUT2D eigenvalue weighted by molar-refractivity contribution is 6.32. The first-order valence-electron chi connectivity index (χ1n) is 6.04. The molecular weight excluding hydrogens is 238 g/mol. The van der Waals surface area contributed by atoms with Crippen LogP contribution in [0, 0.1) is 5.92 Å². The Morgan fingerprint density at radius 3 is 2.65 bits per heavy atom. The van der Waals surface area contributed by atoms with Crippen LogP contribution in [0.4, 0.5) is 0 Å². The Labute approximate surface area is 108 Å². The minimum atomic E-state index is -0.166. The molecule has 0 aliphatic carbocycles. The summed E-state index contributed by atoms with van der Waals surface area (Å²) in [6.45, 7) is 6.41. The summed E-state index contributed by atoms with van der Waals surface area (Å²) in [5.41, 5.74) is 0.405. The van der Waals surface area contributed by atoms with Crippen LogP contribution in [0.5, 0.6) is 0 Å². The van der Waals surface area contributed by atoms with Gasteiger partial charge < -0.3 is 9.73 Å². The number of halogens is 1. The predicted molar refractivity (Wildman–Crippen MR) is 69.3 cm³/mol. The van der Waals surface area contributed by atoms with Crippen LogP contribution >= 0.6 is 11.6 Å². The molecule has 0 aliphatic rings. The molecule has 1 aromatic heterocycles. The number of nitrogens with one attached hydrogen (secondary N) is 1. The van der Waals surface area contributed by atoms with E-state index in [0.29, 0.717) is 11.5 Å². The number of furan rings is 1. The lowest BCUT2D eigenvalue weighted by Crippen LogP contribution is -2.32. The van der Waals surface area contributed by atoms with Crippen molar-refractivity contribution in [2.45, 2.75) is 46.1 Å². The summed E-state index contributed by atoms with van der Waals surface area (Å²) in [5.74, 6) is 0.544. The van der Waals surface area contributed by atoms with E-state index >= 15 is 0 Å². The molecule has 0 saturated heterocycles. The minimum Gasteiger partial charge on any atom is -0.452 e. The largest absolute Gasteiger partial charge is 0.452 e. The predicted octanol–water partition coefficient (Wildman–Crippen LogP) is 3.88. The second kappa shape index (κ2) is 6.70. The van der Waals surface area contributed by atoms with Crippen molar-refractivity contribution in [2.24, 2.45) is 5.92 Å². The topological polar surface area (TPSA) is 42.2 Å². The number of rotatable bonds is 6. The van der Waals surface area contributed by atoms with Crippen LogP contribution in [0.15, 0.2) is 16.7 Å². The Kier molecular flexibility index (Phi) is 5.56. The first-order chi connectivity index (χ1) is 8.00. The van der Waals surface area contributed by atoms with Gasteiger partial charge in [-0.15, -0.1) is 0 Å². The third-order valence-corrected chi connectivity index (χ3v) is 2.95. The van der Waals surface area contributed by atoms with Crippen molar-refractivity contribution >= 4 is 17.5 Å². The van der Waals surface area contributed by atoms with Gasteiger partial charge in [0.25, 0.3) is 5.91 Å². The maximum Gasteiger partial charge on any atom is 0.256 e. The molecule has 96 valence electrons. The van der Waals surface area contributed by atoms with Crippen molar-refractivity contribution in [2.75, 3.05) is 0 Å². The Balaban J connectivity index is 2.34. The van der Waals surface area contributed by atoms with E-state index in [1.165, 1.54) is 12.7 Å². The first-order valence-corrected chi connectivity index (χ1v) is 6.42. The molecule has 1 heterocycles. The zero-order chi connectivity index (χ0) is 12.8. The highest BCUT2D eigenvalue weighted by Crippen LogP contribution is 2.16. The van der Waals surface area contributed by atoms with Gasteiger partial charge in [0.1, 0.15) is 0 Å². The minimum absolute atomic E-state index is 0.150. The molecule has 1 N–H and O–H groups in total. The van der Waals surface area contributed by atoms with Crippen LogP contribution in [0.25, 0.3) is 0 Å². The molecule has 17 heavy (non-hydrogen) atoms. The molecule has 0 spiro atoms. The summed E-state index contributed by atoms with van der Waals surface area (Å²) < 4.78 is 4.88. The van der Waals surface area contributed by atoms with E-state index in [4.69, 9.17) is 16.0 Å². The van der Waals surface area contributed by atoms with E-state index in [1.54, 1.807) is 6.07 Å². The molecule has 3 nitrogen and oxygen atoms in total. The first kappa shape index (κ1) is 14.1. The Morgan fingerprint density at radius 2 is 2.12 bits per heavy atom. The van der Waals surface area contributed by atoms with E-state index in [2.05, 4.69) is 19.2 Å². The second-order valence-corrected chi connectivity index (χ2v) is 5.15. The molecule has 4 heteroatoms. The van der Waals surface area contributed by atoms with Gasteiger partial charge >= 0.3 is 0 Å². The van der Waals surface area contributed by atoms with Crippen molar-refractivity contribution in [1.82, 2.24) is 5.32 Å². The molecule has 0 radical (unpaired) electrons. The van der Waals surface area contributed by atoms with Gasteiger partial charge in [-0.1, -0.05) is 26.7 Å². The van der Waals surface area contributed by atoms with Gasteiger partial charge in [-0.25, -0.2) is 0 Å². The third kappa shape index (κ3) is 4.82. The van der Waals surface area contributed by atoms with Gasteiger partial charge in [0, 0.05) is 6.04 Å². The second-order valence-electron chi connectivity index (χ2n) is 4.81. The molecule has 0 saturated carbocycles. The van der Waals surface area contributed by atoms with E-state index < -0.39 is 0 Å². The van der Waals surface area contributed by atoms with Crippen molar-refractivity contribution < 1.29 is 9.21 Å². The smallest absolute Gasteiger partial charge is 0.256 e. The molecule has 0 fully saturated rings. The lowest BCUT2D eigenvalue weighted by Gasteiger charge is -2.13. The third-order valence-electron chi connectivity index (χ3n) is 2.66. The molecule has 0 aromatic carbocycles. The highest BCUT2D eigenvalue weighted by Gasteiger charge is 2.14. The van der Waals surface area contributed by atoms with Gasteiger partial charge in [-0.05, 0) is 36.9 Å². The number of hydrogen-bond acceptors (Lipinski definition) is 2. The Morgan fingerprint density at radius 1 is 1.41 bits per heavy atom. The van der Waals surface area contributed by atoms with E-state index in [1.807, 2.05) is 6.92 Å². The molecular formula is C13H20ClNO2. The van der Waals surface area contributed by atoms with Crippen molar-refractivity contribution in [3.05, 3.63) is 23.1 Å². The summed E-state index contributed by atoms with van der Waals surface area (Å²) in [5, 5.41) is 3.06. The number of amides is 1. The van der Waals surface area contributed by atoms with E-state index in [-0.39, 0.29) is 17.2 Å². The summed E-state index contributed by atoms with van der Waals surface area (Å²) >= 11 is 5.74. The van der Waals surface area contributed by atoms with Crippen LogP contribution in [-0.2, 0) is 0 Å². The lowest BCUT2D eigenvalue weighted by atomic mass is 10.0. The zero-order valence-electron chi connectivity index (χ0n) is 10.6. The Bertz CT molecular complexity index is 360. The average molecular weight is 258 g/mol. The number of hydrogen-bond donors (Lipinski definition) is 1. The van der Waals surface area contributed by atoms with Gasteiger partial charge in [0.05, 0.1) is 11.8 Å². The SMILES string of the molecule is CC(C)CCCC(C)NC(=O)c1ccoc1Cl. The zero-order valence-corrected chi connectivity index (χ0v) is 11.4. The lowest BCUT2D eigenvalue weighted by molar-refractivity contribution is 0.0937. The monoisotopic (exact) mass is 257 g/mol. The van der Waals surface area contributed by atoms with E-state index in [0.717, 1.165) is 12.8 Å². The quantitative estimate of drug-likeness (QED) is 0.840. The summed E-state index contributed by atoms with van der Waals surface area (Å²) in [7, 11) is 0. The van der Waals surface area contributed by atoms with Crippen molar-refractivity contribution in [3.8, 4) is 0 Å². The molecule has 1 rings (SSSR count). The molecule has 1 aromatic rings. The fourth-order valence-corrected chi connectivity index (χ4v) is 1.86. The number of carbonyl (C=O) groups is 1. The standard InChI is InChI=1S/C13H20ClNO2/c1-9(2)5-4-6-10(3)15-13(16)11-7-8-17-12(11)14/h7-10H,4-6H2,1-3H3,(H,15,16). The van der Waals surface area contributed by atoms with Gasteiger partial charge in [0.2, 0.25) is 5.22 Å². The number of carbonyl (C=O) groups excluding carboxylic acids is 1. The van der Waals surface area contributed by atoms with Crippen molar-refractivity contribution in [3.63, 3.8) is 0 Å². The van der Waals surface area contributed by atoms with Crippen LogP contribution in [0.1, 0.15) is 50.4 Å². The molecule has 0 aliphatic heterocycles. The fraction of sp³-hybridized carbons (Fsp3) is 0.615. The van der Waals surface area contributed by atoms with Crippen LogP contribution < -0.4 is 5.32 Å². The summed E-state index contributed by atoms with van der Waals surface area (Å²) in [6, 6.07) is 1.74. The fourth-order valence-electron chi connectivity index (χ4n) is 1.66. The molecule has 1 amide bonds. The highest BCUT2D eigenvalue weighted by atomic mass is 35.5. The van der Waals surface area contributed by atoms with Crippen LogP contribution in [-0.4, -0.2) is 11.9 Å². The summed E-state index contributed by atoms with van der Waals surface area (Å²) in [6.07, 6.45) is 4.71. The van der Waals surface area contributed by atoms with Gasteiger partial charge in [-0.2, -0.15) is 0 Å². The normalized spacial score (nSPS) is 12.8. The molecule has 0 bridgehead atoms. The van der Waals surface area contributed by atoms with Gasteiger partial charge in [0.15, 0.2) is 0 Å². The maximum absolute atomic E-state index is 11.8. The summed E-state index contributed by atoms with van der Waals surface area (Å²) in [4.78, 5) is 11.8.